The van der Waals surface area contributed by atoms with Crippen molar-refractivity contribution < 1.29 is 49.4 Å². The lowest BCUT2D eigenvalue weighted by molar-refractivity contribution is -0.169. The normalized spacial score (nSPS) is 30.1. The highest BCUT2D eigenvalue weighted by atomic mass is 79.9. The number of amides is 2. The second-order valence-electron chi connectivity index (χ2n) is 9.93. The van der Waals surface area contributed by atoms with Crippen LogP contribution in [-0.4, -0.2) is 97.8 Å². The molecule has 0 aliphatic heterocycles. The highest BCUT2D eigenvalue weighted by Crippen LogP contribution is 2.56. The van der Waals surface area contributed by atoms with Gasteiger partial charge in [0.1, 0.15) is 29.4 Å². The molecule has 0 spiro atoms. The number of phenolic OH excluding ortho intramolecular Hbond substituents is 1. The number of hydrogen-bond donors (Lipinski definition) is 7. The number of primary amides is 1. The maximum atomic E-state index is 13.9. The second-order valence-corrected chi connectivity index (χ2v) is 10.7. The summed E-state index contributed by atoms with van der Waals surface area (Å²) >= 11 is 3.11. The van der Waals surface area contributed by atoms with Gasteiger partial charge in [0.15, 0.2) is 11.4 Å². The molecule has 13 nitrogen and oxygen atoms in total. The molecule has 0 saturated heterocycles. The largest absolute Gasteiger partial charge is 0.508 e. The van der Waals surface area contributed by atoms with Crippen LogP contribution >= 0.6 is 15.9 Å². The second kappa shape index (κ2) is 9.93. The fraction of sp³-hybridized carbons (Fsp3) is 0.440. The minimum atomic E-state index is -3.01. The predicted octanol–water partition coefficient (Wildman–Crippen LogP) is 0.439. The van der Waals surface area contributed by atoms with Crippen LogP contribution in [0.1, 0.15) is 24.0 Å². The number of ketones is 2. The maximum absolute atomic E-state index is 13.9. The molecule has 6 atom stereocenters. The number of Topliss-reactive ketones (excluding diaryl/α,β-unsaturated/α-hetero) is 2. The summed E-state index contributed by atoms with van der Waals surface area (Å²) in [6.07, 6.45) is -2.59. The highest BCUT2D eigenvalue weighted by Gasteiger charge is 2.68. The summed E-state index contributed by atoms with van der Waals surface area (Å²) in [6, 6.07) is 1.39. The van der Waals surface area contributed by atoms with Crippen molar-refractivity contribution in [2.45, 2.75) is 30.6 Å². The van der Waals surface area contributed by atoms with Crippen molar-refractivity contribution in [2.75, 3.05) is 31.3 Å². The first-order valence-corrected chi connectivity index (χ1v) is 13.0. The van der Waals surface area contributed by atoms with Gasteiger partial charge in [-0.05, 0) is 31.6 Å². The highest BCUT2D eigenvalue weighted by molar-refractivity contribution is 9.09. The van der Waals surface area contributed by atoms with Crippen molar-refractivity contribution >= 4 is 50.9 Å². The van der Waals surface area contributed by atoms with Crippen LogP contribution in [0.25, 0.3) is 5.76 Å². The molecule has 0 bridgehead atoms. The van der Waals surface area contributed by atoms with Gasteiger partial charge in [-0.2, -0.15) is 0 Å². The number of carbonyl (C=O) groups is 4. The number of phenols is 1. The summed E-state index contributed by atoms with van der Waals surface area (Å²) in [4.78, 5) is 52.5. The Hall–Kier alpha value is -3.46. The number of aliphatic hydroxyl groups excluding tert-OH is 3. The van der Waals surface area contributed by atoms with Crippen molar-refractivity contribution in [3.63, 3.8) is 0 Å². The van der Waals surface area contributed by atoms with Crippen LogP contribution < -0.4 is 11.1 Å². The third-order valence-corrected chi connectivity index (χ3v) is 8.00. The number of alkyl halides is 1. The number of aliphatic hydroxyl groups is 4. The third-order valence-electron chi connectivity index (χ3n) is 7.68. The molecule has 14 heteroatoms. The molecule has 39 heavy (non-hydrogen) atoms. The van der Waals surface area contributed by atoms with Gasteiger partial charge in [0.2, 0.25) is 5.78 Å². The van der Waals surface area contributed by atoms with E-state index in [1.54, 1.807) is 6.92 Å². The monoisotopic (exact) mass is 609 g/mol. The Labute approximate surface area is 230 Å². The van der Waals surface area contributed by atoms with Crippen molar-refractivity contribution in [2.24, 2.45) is 17.6 Å². The van der Waals surface area contributed by atoms with Gasteiger partial charge in [-0.15, -0.1) is 0 Å². The Balaban J connectivity index is 1.94. The fourth-order valence-corrected chi connectivity index (χ4v) is 6.16. The number of halogens is 1. The van der Waals surface area contributed by atoms with Crippen molar-refractivity contribution in [3.8, 4) is 5.75 Å². The standard InChI is InChI=1S/C25H28BrN3O10/c1-8-9-4-5-10(28-24(37)39-7-6-26)17(30)12(9)18(31)13-11(8)19(32)15-16(29(2)3)20(33)14(23(27)36)22(35)25(15,38)21(13)34/h4-5,8,11,15-16,19,30-32,35,38H,6-7H2,1-3H3,(H2,27,36)(H,28,37). The number of likely N-dealkylation sites (N-methyl/N-ethyl adjacent to an activating group) is 1. The van der Waals surface area contributed by atoms with Gasteiger partial charge in [0.05, 0.1) is 29.3 Å². The molecule has 210 valence electrons. The van der Waals surface area contributed by atoms with E-state index in [0.717, 1.165) is 0 Å². The van der Waals surface area contributed by atoms with Crippen LogP contribution in [0.3, 0.4) is 0 Å². The first-order valence-electron chi connectivity index (χ1n) is 11.9. The lowest BCUT2D eigenvalue weighted by Gasteiger charge is -2.53. The Morgan fingerprint density at radius 1 is 1.21 bits per heavy atom. The molecular weight excluding hydrogens is 582 g/mol. The zero-order valence-electron chi connectivity index (χ0n) is 21.1. The Morgan fingerprint density at radius 3 is 2.41 bits per heavy atom. The molecule has 0 aromatic heterocycles. The van der Waals surface area contributed by atoms with E-state index in [0.29, 0.717) is 10.9 Å². The smallest absolute Gasteiger partial charge is 0.411 e. The van der Waals surface area contributed by atoms with E-state index in [1.165, 1.54) is 31.1 Å². The number of anilines is 1. The lowest BCUT2D eigenvalue weighted by Crippen LogP contribution is -2.70. The summed E-state index contributed by atoms with van der Waals surface area (Å²) < 4.78 is 4.91. The molecule has 1 saturated carbocycles. The molecule has 1 aromatic rings. The molecule has 2 amide bonds. The third kappa shape index (κ3) is 4.01. The lowest BCUT2D eigenvalue weighted by atomic mass is 9.54. The molecule has 1 fully saturated rings. The van der Waals surface area contributed by atoms with Crippen LogP contribution in [0.4, 0.5) is 10.5 Å². The molecule has 3 aliphatic carbocycles. The summed E-state index contributed by atoms with van der Waals surface area (Å²) in [6.45, 7) is 1.64. The van der Waals surface area contributed by atoms with Gasteiger partial charge in [0, 0.05) is 16.8 Å². The van der Waals surface area contributed by atoms with E-state index in [2.05, 4.69) is 21.2 Å². The van der Waals surface area contributed by atoms with Crippen molar-refractivity contribution in [1.82, 2.24) is 4.90 Å². The average Bonchev–Trinajstić information content (AvgIpc) is 2.85. The minimum Gasteiger partial charge on any atom is -0.508 e. The van der Waals surface area contributed by atoms with E-state index >= 15 is 0 Å². The van der Waals surface area contributed by atoms with Crippen LogP contribution in [0.5, 0.6) is 5.75 Å². The summed E-state index contributed by atoms with van der Waals surface area (Å²) in [5.41, 5.74) is 0.675. The summed E-state index contributed by atoms with van der Waals surface area (Å²) in [5, 5.41) is 59.1. The number of fused-ring (bicyclic) bond motifs is 3. The van der Waals surface area contributed by atoms with E-state index in [1.807, 2.05) is 0 Å². The molecule has 1 aromatic carbocycles. The molecule has 6 unspecified atom stereocenters. The van der Waals surface area contributed by atoms with Crippen LogP contribution in [0.15, 0.2) is 29.0 Å². The van der Waals surface area contributed by atoms with Gasteiger partial charge < -0.3 is 36.0 Å². The molecule has 4 rings (SSSR count). The minimum absolute atomic E-state index is 0.0401. The van der Waals surface area contributed by atoms with E-state index in [4.69, 9.17) is 10.5 Å². The Morgan fingerprint density at radius 2 is 1.85 bits per heavy atom. The first kappa shape index (κ1) is 28.5. The quantitative estimate of drug-likeness (QED) is 0.138. The van der Waals surface area contributed by atoms with Crippen LogP contribution in [-0.2, 0) is 19.1 Å². The topological polar surface area (TPSA) is 220 Å². The summed E-state index contributed by atoms with van der Waals surface area (Å²) in [7, 11) is 2.86. The molecule has 0 heterocycles. The fourth-order valence-electron chi connectivity index (χ4n) is 5.99. The zero-order chi connectivity index (χ0) is 29.1. The first-order chi connectivity index (χ1) is 18.2. The number of nitrogens with one attached hydrogen (secondary N) is 1. The molecule has 0 radical (unpaired) electrons. The number of ether oxygens (including phenoxy) is 1. The van der Waals surface area contributed by atoms with Gasteiger partial charge in [-0.3, -0.25) is 24.6 Å². The number of rotatable bonds is 5. The summed E-state index contributed by atoms with van der Waals surface area (Å²) in [5.74, 6) is -9.98. The Bertz CT molecular complexity index is 1360. The average molecular weight is 610 g/mol. The number of aromatic hydroxyl groups is 1. The van der Waals surface area contributed by atoms with Crippen LogP contribution in [0.2, 0.25) is 0 Å². The van der Waals surface area contributed by atoms with E-state index in [9.17, 15) is 44.7 Å². The van der Waals surface area contributed by atoms with E-state index < -0.39 is 87.5 Å². The van der Waals surface area contributed by atoms with Gasteiger partial charge in [0.25, 0.3) is 5.91 Å². The SMILES string of the molecule is CC1c2ccc(NC(=O)OCCBr)c(O)c2C(O)=C2C(=O)C3(O)C(O)=C(C(N)=O)C(=O)C(N(C)C)C3C(O)C21. The number of carbonyl (C=O) groups excluding carboxylic acids is 4. The van der Waals surface area contributed by atoms with Crippen LogP contribution in [0, 0.1) is 11.8 Å². The maximum Gasteiger partial charge on any atom is 0.411 e. The molecule has 3 aliphatic rings. The van der Waals surface area contributed by atoms with Crippen molar-refractivity contribution in [3.05, 3.63) is 40.2 Å². The Kier molecular flexibility index (Phi) is 7.27. The number of nitrogens with two attached hydrogens (primary N) is 1. The molecule has 8 N–H and O–H groups in total. The van der Waals surface area contributed by atoms with Gasteiger partial charge in [-0.1, -0.05) is 28.9 Å². The number of hydrogen-bond acceptors (Lipinski definition) is 11. The number of nitrogens with zero attached hydrogens (tertiary/aromatic N) is 1. The van der Waals surface area contributed by atoms with Gasteiger partial charge in [-0.25, -0.2) is 4.79 Å². The zero-order valence-corrected chi connectivity index (χ0v) is 22.7. The molecular formula is C25H28BrN3O10. The van der Waals surface area contributed by atoms with Crippen molar-refractivity contribution in [1.29, 1.82) is 0 Å². The number of benzene rings is 1. The van der Waals surface area contributed by atoms with E-state index in [-0.39, 0.29) is 17.9 Å². The van der Waals surface area contributed by atoms with Gasteiger partial charge >= 0.3 is 6.09 Å². The predicted molar refractivity (Wildman–Crippen MR) is 139 cm³/mol.